The van der Waals surface area contributed by atoms with Crippen molar-refractivity contribution in [1.82, 2.24) is 4.90 Å². The van der Waals surface area contributed by atoms with Crippen LogP contribution in [0.3, 0.4) is 0 Å². The molecule has 0 aromatic heterocycles. The lowest BCUT2D eigenvalue weighted by atomic mass is 9.69. The number of amides is 1. The van der Waals surface area contributed by atoms with Gasteiger partial charge in [-0.2, -0.15) is 0 Å². The molecule has 0 radical (unpaired) electrons. The van der Waals surface area contributed by atoms with Crippen LogP contribution in [0.5, 0.6) is 0 Å². The lowest BCUT2D eigenvalue weighted by Gasteiger charge is -2.44. The summed E-state index contributed by atoms with van der Waals surface area (Å²) >= 11 is 0. The molecule has 0 aromatic carbocycles. The molecule has 0 spiro atoms. The summed E-state index contributed by atoms with van der Waals surface area (Å²) in [6.07, 6.45) is 7.48. The molecule has 2 fully saturated rings. The highest BCUT2D eigenvalue weighted by Crippen LogP contribution is 2.45. The summed E-state index contributed by atoms with van der Waals surface area (Å²) in [4.78, 5) is 14.0. The van der Waals surface area contributed by atoms with E-state index in [4.69, 9.17) is 5.73 Å². The van der Waals surface area contributed by atoms with Crippen LogP contribution in [0.1, 0.15) is 45.4 Å². The van der Waals surface area contributed by atoms with Gasteiger partial charge in [0, 0.05) is 5.54 Å². The van der Waals surface area contributed by atoms with Crippen LogP contribution in [0.25, 0.3) is 0 Å². The van der Waals surface area contributed by atoms with Gasteiger partial charge in [0.25, 0.3) is 0 Å². The van der Waals surface area contributed by atoms with Gasteiger partial charge in [0.15, 0.2) is 0 Å². The quantitative estimate of drug-likeness (QED) is 0.777. The topological polar surface area (TPSA) is 46.3 Å². The Labute approximate surface area is 98.4 Å². The Morgan fingerprint density at radius 3 is 2.44 bits per heavy atom. The molecule has 1 saturated heterocycles. The Balaban J connectivity index is 2.20. The van der Waals surface area contributed by atoms with Crippen molar-refractivity contribution in [2.24, 2.45) is 17.6 Å². The van der Waals surface area contributed by atoms with Gasteiger partial charge in [0.05, 0.1) is 5.92 Å². The van der Waals surface area contributed by atoms with E-state index in [1.54, 1.807) is 0 Å². The molecule has 2 aliphatic rings. The minimum absolute atomic E-state index is 0.0201. The summed E-state index contributed by atoms with van der Waals surface area (Å²) in [5.41, 5.74) is 5.60. The Bertz CT molecular complexity index is 273. The number of hydrogen-bond acceptors (Lipinski definition) is 2. The van der Waals surface area contributed by atoms with Crippen molar-refractivity contribution >= 4 is 5.91 Å². The van der Waals surface area contributed by atoms with Crippen LogP contribution in [0.15, 0.2) is 0 Å². The fourth-order valence-corrected chi connectivity index (χ4v) is 3.84. The monoisotopic (exact) mass is 224 g/mol. The van der Waals surface area contributed by atoms with Gasteiger partial charge >= 0.3 is 0 Å². The first-order valence-corrected chi connectivity index (χ1v) is 6.57. The Morgan fingerprint density at radius 2 is 1.88 bits per heavy atom. The van der Waals surface area contributed by atoms with Gasteiger partial charge in [-0.1, -0.05) is 19.3 Å². The lowest BCUT2D eigenvalue weighted by Crippen LogP contribution is -2.53. The predicted octanol–water partition coefficient (Wildman–Crippen LogP) is 1.76. The molecule has 2 N–H and O–H groups in total. The zero-order valence-electron chi connectivity index (χ0n) is 10.5. The van der Waals surface area contributed by atoms with Crippen LogP contribution >= 0.6 is 0 Å². The van der Waals surface area contributed by atoms with E-state index in [9.17, 15) is 4.79 Å². The maximum Gasteiger partial charge on any atom is 0.222 e. The molecule has 1 aliphatic carbocycles. The van der Waals surface area contributed by atoms with Crippen LogP contribution in [-0.2, 0) is 4.79 Å². The molecule has 1 aliphatic heterocycles. The number of hydrogen-bond donors (Lipinski definition) is 1. The number of rotatable bonds is 2. The van der Waals surface area contributed by atoms with Gasteiger partial charge in [-0.15, -0.1) is 0 Å². The average Bonchev–Trinajstić information content (AvgIpc) is 2.58. The van der Waals surface area contributed by atoms with Crippen LogP contribution in [0.2, 0.25) is 0 Å². The molecule has 1 heterocycles. The highest BCUT2D eigenvalue weighted by atomic mass is 16.1. The van der Waals surface area contributed by atoms with E-state index < -0.39 is 0 Å². The van der Waals surface area contributed by atoms with E-state index in [0.717, 1.165) is 13.0 Å². The van der Waals surface area contributed by atoms with E-state index in [-0.39, 0.29) is 17.4 Å². The summed E-state index contributed by atoms with van der Waals surface area (Å²) in [6, 6.07) is 0. The van der Waals surface area contributed by atoms with Crippen LogP contribution in [-0.4, -0.2) is 29.9 Å². The van der Waals surface area contributed by atoms with Gasteiger partial charge in [0.1, 0.15) is 0 Å². The first-order valence-electron chi connectivity index (χ1n) is 6.57. The van der Waals surface area contributed by atoms with Gasteiger partial charge in [-0.25, -0.2) is 0 Å². The second kappa shape index (κ2) is 4.36. The van der Waals surface area contributed by atoms with Crippen molar-refractivity contribution in [3.63, 3.8) is 0 Å². The molecule has 2 rings (SSSR count). The summed E-state index contributed by atoms with van der Waals surface area (Å²) in [6.45, 7) is 3.27. The minimum atomic E-state index is -0.0996. The summed E-state index contributed by atoms with van der Waals surface area (Å²) in [5.74, 6) is 0.615. The molecule has 2 atom stereocenters. The first-order chi connectivity index (χ1) is 7.56. The molecule has 1 saturated carbocycles. The normalized spacial score (nSPS) is 37.8. The largest absolute Gasteiger partial charge is 0.369 e. The second-order valence-corrected chi connectivity index (χ2v) is 5.73. The SMILES string of the molecule is CN1CCC(C(N)=O)C1(C)C1CCCCC1. The van der Waals surface area contributed by atoms with Crippen LogP contribution in [0, 0.1) is 11.8 Å². The second-order valence-electron chi connectivity index (χ2n) is 5.73. The highest BCUT2D eigenvalue weighted by molar-refractivity contribution is 5.78. The predicted molar refractivity (Wildman–Crippen MR) is 64.9 cm³/mol. The smallest absolute Gasteiger partial charge is 0.222 e. The van der Waals surface area contributed by atoms with E-state index >= 15 is 0 Å². The summed E-state index contributed by atoms with van der Waals surface area (Å²) < 4.78 is 0. The molecule has 16 heavy (non-hydrogen) atoms. The van der Waals surface area contributed by atoms with E-state index in [0.29, 0.717) is 5.92 Å². The Kier molecular flexibility index (Phi) is 3.24. The third-order valence-corrected chi connectivity index (χ3v) is 5.06. The van der Waals surface area contributed by atoms with Crippen molar-refractivity contribution in [2.45, 2.75) is 51.0 Å². The molecule has 0 bridgehead atoms. The van der Waals surface area contributed by atoms with Crippen molar-refractivity contribution < 1.29 is 4.79 Å². The number of primary amides is 1. The zero-order valence-corrected chi connectivity index (χ0v) is 10.5. The molecule has 1 amide bonds. The van der Waals surface area contributed by atoms with Crippen molar-refractivity contribution in [1.29, 1.82) is 0 Å². The van der Waals surface area contributed by atoms with Crippen molar-refractivity contribution in [2.75, 3.05) is 13.6 Å². The number of carbonyl (C=O) groups excluding carboxylic acids is 1. The average molecular weight is 224 g/mol. The van der Waals surface area contributed by atoms with Crippen molar-refractivity contribution in [3.8, 4) is 0 Å². The third-order valence-electron chi connectivity index (χ3n) is 5.06. The lowest BCUT2D eigenvalue weighted by molar-refractivity contribution is -0.125. The molecule has 2 unspecified atom stereocenters. The van der Waals surface area contributed by atoms with Gasteiger partial charge < -0.3 is 5.73 Å². The van der Waals surface area contributed by atoms with Gasteiger partial charge in [-0.05, 0) is 45.7 Å². The van der Waals surface area contributed by atoms with E-state index in [1.165, 1.54) is 32.1 Å². The number of carbonyl (C=O) groups is 1. The molecular formula is C13H24N2O. The Hall–Kier alpha value is -0.570. The number of likely N-dealkylation sites (tertiary alicyclic amines) is 1. The Morgan fingerprint density at radius 1 is 1.25 bits per heavy atom. The summed E-state index contributed by atoms with van der Waals surface area (Å²) in [5, 5.41) is 0. The zero-order chi connectivity index (χ0) is 11.8. The van der Waals surface area contributed by atoms with E-state index in [2.05, 4.69) is 18.9 Å². The van der Waals surface area contributed by atoms with Gasteiger partial charge in [0.2, 0.25) is 5.91 Å². The maximum absolute atomic E-state index is 11.6. The standard InChI is InChI=1S/C13H24N2O/c1-13(10-6-4-3-5-7-10)11(12(14)16)8-9-15(13)2/h10-11H,3-9H2,1-2H3,(H2,14,16). The highest BCUT2D eigenvalue weighted by Gasteiger charge is 2.50. The van der Waals surface area contributed by atoms with Crippen LogP contribution < -0.4 is 5.73 Å². The molecule has 0 aromatic rings. The molecule has 92 valence electrons. The first kappa shape index (κ1) is 11.9. The molecule has 3 heteroatoms. The fourth-order valence-electron chi connectivity index (χ4n) is 3.84. The molecular weight excluding hydrogens is 200 g/mol. The number of nitrogens with zero attached hydrogens (tertiary/aromatic N) is 1. The van der Waals surface area contributed by atoms with Gasteiger partial charge in [-0.3, -0.25) is 9.69 Å². The third kappa shape index (κ3) is 1.75. The fraction of sp³-hybridized carbons (Fsp3) is 0.923. The van der Waals surface area contributed by atoms with Crippen LogP contribution in [0.4, 0.5) is 0 Å². The summed E-state index contributed by atoms with van der Waals surface area (Å²) in [7, 11) is 2.15. The van der Waals surface area contributed by atoms with Crippen molar-refractivity contribution in [3.05, 3.63) is 0 Å². The van der Waals surface area contributed by atoms with E-state index in [1.807, 2.05) is 0 Å². The number of nitrogens with two attached hydrogens (primary N) is 1. The minimum Gasteiger partial charge on any atom is -0.369 e. The maximum atomic E-state index is 11.6. The molecule has 3 nitrogen and oxygen atoms in total.